The van der Waals surface area contributed by atoms with Crippen molar-refractivity contribution in [3.8, 4) is 5.75 Å². The lowest BCUT2D eigenvalue weighted by molar-refractivity contribution is 0.413. The van der Waals surface area contributed by atoms with E-state index in [0.717, 1.165) is 0 Å². The zero-order valence-electron chi connectivity index (χ0n) is 10.6. The number of hydrogen-bond acceptors (Lipinski definition) is 3. The first-order valence-electron chi connectivity index (χ1n) is 5.71. The first kappa shape index (κ1) is 14.6. The van der Waals surface area contributed by atoms with E-state index < -0.39 is 0 Å². The number of hydrogen-bond donors (Lipinski definition) is 2. The molecule has 0 radical (unpaired) electrons. The van der Waals surface area contributed by atoms with E-state index in [2.05, 4.69) is 5.32 Å². The number of ether oxygens (including phenoxy) is 1. The van der Waals surface area contributed by atoms with Crippen LogP contribution in [0.2, 0.25) is 5.02 Å². The Morgan fingerprint density at radius 1 is 1.25 bits per heavy atom. The van der Waals surface area contributed by atoms with Crippen LogP contribution in [0.5, 0.6) is 5.75 Å². The van der Waals surface area contributed by atoms with Crippen LogP contribution in [-0.2, 0) is 0 Å². The normalized spacial score (nSPS) is 10.2. The predicted octanol–water partition coefficient (Wildman–Crippen LogP) is 3.87. The molecule has 0 saturated carbocycles. The monoisotopic (exact) mass is 310 g/mol. The number of benzene rings is 2. The van der Waals surface area contributed by atoms with Crippen LogP contribution in [0.3, 0.4) is 0 Å². The lowest BCUT2D eigenvalue weighted by atomic mass is 10.1. The number of nitrogens with two attached hydrogens (primary N) is 1. The van der Waals surface area contributed by atoms with Crippen molar-refractivity contribution in [1.82, 2.24) is 0 Å². The van der Waals surface area contributed by atoms with Crippen LogP contribution in [0.4, 0.5) is 15.8 Å². The molecule has 3 N–H and O–H groups in total. The van der Waals surface area contributed by atoms with Crippen LogP contribution in [0.15, 0.2) is 36.4 Å². The molecule has 104 valence electrons. The molecule has 0 heterocycles. The largest absolute Gasteiger partial charge is 0.494 e. The lowest BCUT2D eigenvalue weighted by Gasteiger charge is -2.14. The van der Waals surface area contributed by atoms with Gasteiger partial charge in [0.05, 0.1) is 12.8 Å². The van der Waals surface area contributed by atoms with Gasteiger partial charge >= 0.3 is 0 Å². The van der Waals surface area contributed by atoms with Crippen LogP contribution in [-0.4, -0.2) is 12.1 Å². The summed E-state index contributed by atoms with van der Waals surface area (Å²) in [6.07, 6.45) is 0. The molecule has 6 heteroatoms. The Morgan fingerprint density at radius 2 is 1.95 bits per heavy atom. The molecule has 0 amide bonds. The van der Waals surface area contributed by atoms with Crippen molar-refractivity contribution in [3.63, 3.8) is 0 Å². The SMILES string of the molecule is COc1cc(F)ccc1Nc1ccc(Cl)cc1C(N)=S. The van der Waals surface area contributed by atoms with E-state index in [1.54, 1.807) is 24.3 Å². The van der Waals surface area contributed by atoms with Crippen LogP contribution >= 0.6 is 23.8 Å². The first-order valence-corrected chi connectivity index (χ1v) is 6.50. The molecule has 0 aromatic heterocycles. The highest BCUT2D eigenvalue weighted by Gasteiger charge is 2.10. The molecule has 0 aliphatic carbocycles. The zero-order valence-corrected chi connectivity index (χ0v) is 12.2. The second-order valence-corrected chi connectivity index (χ2v) is 4.90. The lowest BCUT2D eigenvalue weighted by Crippen LogP contribution is -2.12. The minimum absolute atomic E-state index is 0.219. The third-order valence-electron chi connectivity index (χ3n) is 2.68. The number of thiocarbonyl (C=S) groups is 1. The fourth-order valence-electron chi connectivity index (χ4n) is 1.74. The van der Waals surface area contributed by atoms with Gasteiger partial charge in [-0.3, -0.25) is 0 Å². The molecule has 2 rings (SSSR count). The van der Waals surface area contributed by atoms with Gasteiger partial charge in [-0.05, 0) is 30.3 Å². The number of rotatable bonds is 4. The minimum Gasteiger partial charge on any atom is -0.494 e. The Bertz CT molecular complexity index is 664. The van der Waals surface area contributed by atoms with Gasteiger partial charge in [0.15, 0.2) is 0 Å². The Hall–Kier alpha value is -1.85. The van der Waals surface area contributed by atoms with Gasteiger partial charge in [-0.2, -0.15) is 0 Å². The average Bonchev–Trinajstić information content (AvgIpc) is 2.42. The fourth-order valence-corrected chi connectivity index (χ4v) is 2.08. The van der Waals surface area contributed by atoms with E-state index in [1.165, 1.54) is 19.2 Å². The van der Waals surface area contributed by atoms with E-state index in [9.17, 15) is 4.39 Å². The summed E-state index contributed by atoms with van der Waals surface area (Å²) in [4.78, 5) is 0.219. The summed E-state index contributed by atoms with van der Waals surface area (Å²) in [5.41, 5.74) is 7.56. The maximum Gasteiger partial charge on any atom is 0.145 e. The standard InChI is InChI=1S/C14H12ClFN2OS/c1-19-13-7-9(16)3-5-12(13)18-11-4-2-8(15)6-10(11)14(17)20/h2-7,18H,1H3,(H2,17,20). The average molecular weight is 311 g/mol. The second kappa shape index (κ2) is 6.07. The molecule has 2 aromatic carbocycles. The summed E-state index contributed by atoms with van der Waals surface area (Å²) >= 11 is 10.9. The smallest absolute Gasteiger partial charge is 0.145 e. The molecule has 0 aliphatic rings. The molecule has 0 saturated heterocycles. The molecule has 2 aromatic rings. The Balaban J connectivity index is 2.42. The molecular weight excluding hydrogens is 299 g/mol. The summed E-state index contributed by atoms with van der Waals surface area (Å²) in [5.74, 6) is 0.00640. The van der Waals surface area contributed by atoms with Gasteiger partial charge in [0.2, 0.25) is 0 Å². The van der Waals surface area contributed by atoms with E-state index in [4.69, 9.17) is 34.3 Å². The van der Waals surface area contributed by atoms with Gasteiger partial charge in [0.1, 0.15) is 16.6 Å². The third-order valence-corrected chi connectivity index (χ3v) is 3.13. The summed E-state index contributed by atoms with van der Waals surface area (Å²) in [6.45, 7) is 0. The molecule has 0 unspecified atom stereocenters. The number of methoxy groups -OCH3 is 1. The van der Waals surface area contributed by atoms with Crippen LogP contribution < -0.4 is 15.8 Å². The van der Waals surface area contributed by atoms with Crippen molar-refractivity contribution in [1.29, 1.82) is 0 Å². The van der Waals surface area contributed by atoms with Crippen LogP contribution in [0.25, 0.3) is 0 Å². The summed E-state index contributed by atoms with van der Waals surface area (Å²) in [5, 5.41) is 3.64. The van der Waals surface area contributed by atoms with E-state index in [1.807, 2.05) is 0 Å². The molecule has 0 fully saturated rings. The van der Waals surface area contributed by atoms with Gasteiger partial charge in [-0.1, -0.05) is 23.8 Å². The van der Waals surface area contributed by atoms with Gasteiger partial charge in [-0.25, -0.2) is 4.39 Å². The molecule has 3 nitrogen and oxygen atoms in total. The van der Waals surface area contributed by atoms with Crippen molar-refractivity contribution < 1.29 is 9.13 Å². The highest BCUT2D eigenvalue weighted by atomic mass is 35.5. The Kier molecular flexibility index (Phi) is 4.42. The fraction of sp³-hybridized carbons (Fsp3) is 0.0714. The molecule has 0 aliphatic heterocycles. The number of nitrogens with one attached hydrogen (secondary N) is 1. The molecule has 0 atom stereocenters. The van der Waals surface area contributed by atoms with E-state index in [0.29, 0.717) is 27.7 Å². The molecular formula is C14H12ClFN2OS. The molecule has 0 spiro atoms. The zero-order chi connectivity index (χ0) is 14.7. The highest BCUT2D eigenvalue weighted by molar-refractivity contribution is 7.80. The third kappa shape index (κ3) is 3.18. The minimum atomic E-state index is -0.377. The molecule has 20 heavy (non-hydrogen) atoms. The maximum atomic E-state index is 13.2. The van der Waals surface area contributed by atoms with Gasteiger partial charge < -0.3 is 15.8 Å². The van der Waals surface area contributed by atoms with Crippen molar-refractivity contribution in [2.75, 3.05) is 12.4 Å². The van der Waals surface area contributed by atoms with Crippen LogP contribution in [0.1, 0.15) is 5.56 Å². The maximum absolute atomic E-state index is 13.2. The van der Waals surface area contributed by atoms with Crippen molar-refractivity contribution in [3.05, 3.63) is 52.8 Å². The van der Waals surface area contributed by atoms with Crippen LogP contribution in [0, 0.1) is 5.82 Å². The predicted molar refractivity (Wildman–Crippen MR) is 83.6 cm³/mol. The summed E-state index contributed by atoms with van der Waals surface area (Å²) in [7, 11) is 1.47. The summed E-state index contributed by atoms with van der Waals surface area (Å²) < 4.78 is 18.3. The van der Waals surface area contributed by atoms with Gasteiger partial charge in [0.25, 0.3) is 0 Å². The highest BCUT2D eigenvalue weighted by Crippen LogP contribution is 2.30. The Morgan fingerprint density at radius 3 is 2.60 bits per heavy atom. The number of anilines is 2. The summed E-state index contributed by atoms with van der Waals surface area (Å²) in [6, 6.07) is 9.33. The molecule has 0 bridgehead atoms. The van der Waals surface area contributed by atoms with Crippen molar-refractivity contribution in [2.45, 2.75) is 0 Å². The van der Waals surface area contributed by atoms with E-state index in [-0.39, 0.29) is 10.8 Å². The topological polar surface area (TPSA) is 47.3 Å². The van der Waals surface area contributed by atoms with Crippen molar-refractivity contribution in [2.24, 2.45) is 5.73 Å². The van der Waals surface area contributed by atoms with Gasteiger partial charge in [-0.15, -0.1) is 0 Å². The number of halogens is 2. The van der Waals surface area contributed by atoms with Gasteiger partial charge in [0, 0.05) is 22.3 Å². The van der Waals surface area contributed by atoms with E-state index >= 15 is 0 Å². The van der Waals surface area contributed by atoms with Crippen molar-refractivity contribution >= 4 is 40.2 Å². The first-order chi connectivity index (χ1) is 9.51. The second-order valence-electron chi connectivity index (χ2n) is 4.02. The quantitative estimate of drug-likeness (QED) is 0.842. The Labute approximate surface area is 126 Å².